The Morgan fingerprint density at radius 3 is 2.58 bits per heavy atom. The van der Waals surface area contributed by atoms with E-state index in [9.17, 15) is 9.59 Å². The third-order valence-corrected chi connectivity index (χ3v) is 5.25. The molecule has 0 saturated carbocycles. The Balaban J connectivity index is 0.00000341. The summed E-state index contributed by atoms with van der Waals surface area (Å²) in [5.41, 5.74) is 1.70. The number of aromatic amines is 1. The highest BCUT2D eigenvalue weighted by Gasteiger charge is 2.12. The molecule has 8 heteroatoms. The summed E-state index contributed by atoms with van der Waals surface area (Å²) in [6.45, 7) is 4.12. The summed E-state index contributed by atoms with van der Waals surface area (Å²) < 4.78 is 0. The van der Waals surface area contributed by atoms with Crippen LogP contribution in [0.3, 0.4) is 0 Å². The lowest BCUT2D eigenvalue weighted by Crippen LogP contribution is -2.17. The first-order valence-electron chi connectivity index (χ1n) is 10.4. The molecule has 2 aromatic carbocycles. The van der Waals surface area contributed by atoms with Crippen molar-refractivity contribution in [1.29, 1.82) is 0 Å². The van der Waals surface area contributed by atoms with E-state index in [2.05, 4.69) is 27.8 Å². The van der Waals surface area contributed by atoms with Crippen LogP contribution in [0.4, 0.5) is 5.69 Å². The van der Waals surface area contributed by atoms with Gasteiger partial charge in [-0.2, -0.15) is 5.10 Å². The van der Waals surface area contributed by atoms with Crippen LogP contribution >= 0.6 is 24.0 Å². The molecule has 3 aromatic rings. The van der Waals surface area contributed by atoms with Crippen molar-refractivity contribution in [2.24, 2.45) is 0 Å². The number of benzene rings is 2. The number of H-pyrrole nitrogens is 1. The standard InChI is InChI=1S/C23H27ClN4O2.ClH/c1-2-3-13-25-14-7-6-10-21(29)26-20-15-16(11-12-19(20)24)22-17-8-4-5-9-18(17)23(30)28-27-22;/h4-5,8-9,11-12,15,25H,2-3,6-7,10,13-14H2,1H3,(H,26,29)(H,28,30);1H. The molecule has 1 heterocycles. The van der Waals surface area contributed by atoms with Crippen molar-refractivity contribution < 1.29 is 4.79 Å². The van der Waals surface area contributed by atoms with E-state index >= 15 is 0 Å². The van der Waals surface area contributed by atoms with Crippen LogP contribution in [0.2, 0.25) is 5.02 Å². The minimum absolute atomic E-state index is 0. The highest BCUT2D eigenvalue weighted by molar-refractivity contribution is 6.33. The second kappa shape index (κ2) is 12.4. The first-order valence-corrected chi connectivity index (χ1v) is 10.8. The number of carbonyl (C=O) groups is 1. The molecule has 0 aliphatic carbocycles. The van der Waals surface area contributed by atoms with Crippen LogP contribution in [-0.2, 0) is 4.79 Å². The van der Waals surface area contributed by atoms with Crippen molar-refractivity contribution in [1.82, 2.24) is 15.5 Å². The first kappa shape index (κ1) is 24.9. The maximum Gasteiger partial charge on any atom is 0.272 e. The van der Waals surface area contributed by atoms with Gasteiger partial charge in [-0.1, -0.05) is 49.2 Å². The van der Waals surface area contributed by atoms with Gasteiger partial charge < -0.3 is 10.6 Å². The molecule has 0 spiro atoms. The summed E-state index contributed by atoms with van der Waals surface area (Å²) >= 11 is 6.30. The van der Waals surface area contributed by atoms with Crippen molar-refractivity contribution >= 4 is 46.4 Å². The van der Waals surface area contributed by atoms with E-state index in [4.69, 9.17) is 11.6 Å². The summed E-state index contributed by atoms with van der Waals surface area (Å²) in [6.07, 6.45) is 4.57. The van der Waals surface area contributed by atoms with E-state index in [0.717, 1.165) is 36.9 Å². The van der Waals surface area contributed by atoms with Gasteiger partial charge in [0, 0.05) is 17.4 Å². The van der Waals surface area contributed by atoms with Crippen molar-refractivity contribution in [2.75, 3.05) is 18.4 Å². The van der Waals surface area contributed by atoms with E-state index in [1.54, 1.807) is 18.2 Å². The molecule has 3 N–H and O–H groups in total. The largest absolute Gasteiger partial charge is 0.325 e. The normalized spacial score (nSPS) is 10.6. The van der Waals surface area contributed by atoms with Crippen LogP contribution in [0.1, 0.15) is 39.0 Å². The fourth-order valence-corrected chi connectivity index (χ4v) is 3.44. The van der Waals surface area contributed by atoms with Crippen LogP contribution in [0.25, 0.3) is 22.0 Å². The molecular weight excluding hydrogens is 435 g/mol. The van der Waals surface area contributed by atoms with Crippen LogP contribution < -0.4 is 16.2 Å². The Bertz CT molecular complexity index is 1070. The zero-order valence-corrected chi connectivity index (χ0v) is 19.1. The number of halogens is 2. The number of hydrogen-bond donors (Lipinski definition) is 3. The number of aromatic nitrogens is 2. The Hall–Kier alpha value is -2.41. The Morgan fingerprint density at radius 2 is 1.81 bits per heavy atom. The third-order valence-electron chi connectivity index (χ3n) is 4.92. The van der Waals surface area contributed by atoms with Gasteiger partial charge in [0.05, 0.1) is 21.8 Å². The molecule has 0 fully saturated rings. The Labute approximate surface area is 193 Å². The third kappa shape index (κ3) is 6.79. The molecule has 0 radical (unpaired) electrons. The molecule has 6 nitrogen and oxygen atoms in total. The number of anilines is 1. The van der Waals surface area contributed by atoms with Gasteiger partial charge in [0.15, 0.2) is 0 Å². The molecule has 166 valence electrons. The molecule has 1 aromatic heterocycles. The van der Waals surface area contributed by atoms with Crippen molar-refractivity contribution in [3.63, 3.8) is 0 Å². The number of hydrogen-bond acceptors (Lipinski definition) is 4. The number of nitrogens with one attached hydrogen (secondary N) is 3. The van der Waals surface area contributed by atoms with Crippen LogP contribution in [0.5, 0.6) is 0 Å². The van der Waals surface area contributed by atoms with Crippen molar-refractivity contribution in [2.45, 2.75) is 39.0 Å². The molecule has 0 aliphatic rings. The number of nitrogens with zero attached hydrogens (tertiary/aromatic N) is 1. The minimum Gasteiger partial charge on any atom is -0.325 e. The lowest BCUT2D eigenvalue weighted by atomic mass is 10.0. The number of unbranched alkanes of at least 4 members (excludes halogenated alkanes) is 2. The van der Waals surface area contributed by atoms with Gasteiger partial charge in [-0.25, -0.2) is 5.10 Å². The van der Waals surface area contributed by atoms with Gasteiger partial charge in [-0.3, -0.25) is 9.59 Å². The monoisotopic (exact) mass is 462 g/mol. The predicted molar refractivity (Wildman–Crippen MR) is 130 cm³/mol. The number of carbonyl (C=O) groups excluding carboxylic acids is 1. The summed E-state index contributed by atoms with van der Waals surface area (Å²) in [4.78, 5) is 24.4. The smallest absolute Gasteiger partial charge is 0.272 e. The Kier molecular flexibility index (Phi) is 9.98. The average molecular weight is 463 g/mol. The minimum atomic E-state index is -0.235. The summed E-state index contributed by atoms with van der Waals surface area (Å²) in [6, 6.07) is 12.6. The van der Waals surface area contributed by atoms with E-state index < -0.39 is 0 Å². The lowest BCUT2D eigenvalue weighted by molar-refractivity contribution is -0.116. The van der Waals surface area contributed by atoms with Crippen LogP contribution in [-0.4, -0.2) is 29.2 Å². The second-order valence-electron chi connectivity index (χ2n) is 7.25. The molecule has 3 rings (SSSR count). The van der Waals surface area contributed by atoms with E-state index in [0.29, 0.717) is 28.2 Å². The highest BCUT2D eigenvalue weighted by Crippen LogP contribution is 2.30. The first-order chi connectivity index (χ1) is 14.6. The molecule has 0 unspecified atom stereocenters. The molecule has 0 bridgehead atoms. The zero-order valence-electron chi connectivity index (χ0n) is 17.5. The Morgan fingerprint density at radius 1 is 1.06 bits per heavy atom. The van der Waals surface area contributed by atoms with Gasteiger partial charge >= 0.3 is 0 Å². The van der Waals surface area contributed by atoms with Gasteiger partial charge in [0.2, 0.25) is 5.91 Å². The van der Waals surface area contributed by atoms with Crippen molar-refractivity contribution in [3.05, 3.63) is 57.8 Å². The van der Waals surface area contributed by atoms with Crippen LogP contribution in [0.15, 0.2) is 47.3 Å². The SMILES string of the molecule is CCCCNCCCCC(=O)Nc1cc(-c2n[nH]c(=O)c3ccccc23)ccc1Cl.Cl. The maximum atomic E-state index is 12.4. The zero-order chi connectivity index (χ0) is 21.3. The summed E-state index contributed by atoms with van der Waals surface area (Å²) in [5, 5.41) is 14.8. The molecule has 1 amide bonds. The number of amides is 1. The van der Waals surface area contributed by atoms with E-state index in [1.165, 1.54) is 12.8 Å². The highest BCUT2D eigenvalue weighted by atomic mass is 35.5. The summed E-state index contributed by atoms with van der Waals surface area (Å²) in [7, 11) is 0. The van der Waals surface area contributed by atoms with Gasteiger partial charge in [-0.15, -0.1) is 12.4 Å². The quantitative estimate of drug-likeness (QED) is 0.363. The maximum absolute atomic E-state index is 12.4. The lowest BCUT2D eigenvalue weighted by Gasteiger charge is -2.11. The van der Waals surface area contributed by atoms with E-state index in [-0.39, 0.29) is 23.9 Å². The topological polar surface area (TPSA) is 86.9 Å². The molecule has 0 atom stereocenters. The van der Waals surface area contributed by atoms with Gasteiger partial charge in [0.25, 0.3) is 5.56 Å². The molecule has 0 saturated heterocycles. The summed E-state index contributed by atoms with van der Waals surface area (Å²) in [5.74, 6) is -0.0677. The number of fused-ring (bicyclic) bond motifs is 1. The fourth-order valence-electron chi connectivity index (χ4n) is 3.28. The van der Waals surface area contributed by atoms with Gasteiger partial charge in [-0.05, 0) is 50.6 Å². The molecule has 0 aliphatic heterocycles. The molecular formula is C23H28Cl2N4O2. The number of rotatable bonds is 10. The van der Waals surface area contributed by atoms with Crippen LogP contribution in [0, 0.1) is 0 Å². The second-order valence-corrected chi connectivity index (χ2v) is 7.66. The average Bonchev–Trinajstić information content (AvgIpc) is 2.75. The molecule has 31 heavy (non-hydrogen) atoms. The van der Waals surface area contributed by atoms with E-state index in [1.807, 2.05) is 24.3 Å². The fraction of sp³-hybridized carbons (Fsp3) is 0.348. The predicted octanol–water partition coefficient (Wildman–Crippen LogP) is 5.16. The van der Waals surface area contributed by atoms with Gasteiger partial charge in [0.1, 0.15) is 0 Å². The van der Waals surface area contributed by atoms with Crippen molar-refractivity contribution in [3.8, 4) is 11.3 Å².